The lowest BCUT2D eigenvalue weighted by Gasteiger charge is -2.31. The van der Waals surface area contributed by atoms with Gasteiger partial charge in [-0.05, 0) is 99.3 Å². The minimum absolute atomic E-state index is 0.249. The molecule has 0 amide bonds. The van der Waals surface area contributed by atoms with Gasteiger partial charge in [-0.2, -0.15) is 0 Å². The lowest BCUT2D eigenvalue weighted by Crippen LogP contribution is -2.23. The number of rotatable bonds is 7. The van der Waals surface area contributed by atoms with Crippen LogP contribution in [0.1, 0.15) is 45.6 Å². The van der Waals surface area contributed by atoms with Gasteiger partial charge >= 0.3 is 0 Å². The summed E-state index contributed by atoms with van der Waals surface area (Å²) in [5, 5.41) is 10.2. The number of thiophene rings is 1. The van der Waals surface area contributed by atoms with E-state index in [4.69, 9.17) is 0 Å². The Labute approximate surface area is 370 Å². The van der Waals surface area contributed by atoms with Crippen molar-refractivity contribution in [1.29, 1.82) is 0 Å². The molecule has 0 saturated heterocycles. The molecule has 0 saturated carbocycles. The highest BCUT2D eigenvalue weighted by molar-refractivity contribution is 7.26. The van der Waals surface area contributed by atoms with E-state index in [1.807, 2.05) is 39.0 Å². The van der Waals surface area contributed by atoms with Crippen LogP contribution < -0.4 is 9.80 Å². The predicted octanol–water partition coefficient (Wildman–Crippen LogP) is 17.8. The number of likely N-dealkylation sites (N-methyl/N-ethyl adjacent to an activating group) is 1. The smallest absolute Gasteiger partial charge is 0.0540 e. The van der Waals surface area contributed by atoms with Gasteiger partial charge in [0.05, 0.1) is 11.4 Å². The van der Waals surface area contributed by atoms with E-state index in [1.165, 1.54) is 80.6 Å². The van der Waals surface area contributed by atoms with Crippen molar-refractivity contribution in [2.24, 2.45) is 0 Å². The molecule has 0 spiro atoms. The quantitative estimate of drug-likeness (QED) is 0.158. The zero-order valence-corrected chi connectivity index (χ0v) is 37.0. The minimum Gasteiger partial charge on any atom is -0.348 e. The number of hydrogen-bond acceptors (Lipinski definition) is 3. The van der Waals surface area contributed by atoms with Crippen LogP contribution in [0.3, 0.4) is 0 Å². The largest absolute Gasteiger partial charge is 0.348 e. The predicted molar refractivity (Wildman–Crippen MR) is 274 cm³/mol. The van der Waals surface area contributed by atoms with Crippen LogP contribution in [0.15, 0.2) is 212 Å². The first-order chi connectivity index (χ1) is 30.7. The third kappa shape index (κ3) is 7.44. The zero-order valence-electron chi connectivity index (χ0n) is 36.2. The maximum atomic E-state index is 2.43. The Morgan fingerprint density at radius 3 is 1.73 bits per heavy atom. The van der Waals surface area contributed by atoms with Crippen LogP contribution in [0.25, 0.3) is 63.6 Å². The van der Waals surface area contributed by atoms with Gasteiger partial charge in [0, 0.05) is 61.0 Å². The molecule has 0 radical (unpaired) electrons. The molecule has 11 rings (SSSR count). The fourth-order valence-corrected chi connectivity index (χ4v) is 10.2. The summed E-state index contributed by atoms with van der Waals surface area (Å²) in [6.45, 7) is 8.00. The second-order valence-corrected chi connectivity index (χ2v) is 16.4. The summed E-state index contributed by atoms with van der Waals surface area (Å²) < 4.78 is 2.67. The van der Waals surface area contributed by atoms with E-state index in [2.05, 4.69) is 223 Å². The zero-order chi connectivity index (χ0) is 42.6. The average Bonchev–Trinajstić information content (AvgIpc) is 3.74. The van der Waals surface area contributed by atoms with Crippen molar-refractivity contribution in [2.45, 2.75) is 40.0 Å². The van der Waals surface area contributed by atoms with Crippen molar-refractivity contribution in [3.05, 3.63) is 218 Å². The molecule has 1 atom stereocenters. The molecule has 10 aromatic rings. The Morgan fingerprint density at radius 1 is 0.468 bits per heavy atom. The first-order valence-electron chi connectivity index (χ1n) is 22.1. The molecule has 62 heavy (non-hydrogen) atoms. The number of allylic oxidation sites excluding steroid dienone is 4. The number of anilines is 4. The molecule has 2 nitrogen and oxygen atoms in total. The van der Waals surface area contributed by atoms with E-state index in [9.17, 15) is 0 Å². The average molecular weight is 821 g/mol. The Hall–Kier alpha value is -6.94. The number of hydrogen-bond donors (Lipinski definition) is 0. The standard InChI is InChI=1S/C55H40N2S.2C2H6/c1-56(43-32-34-53-49(36-43)55-48-23-7-4-15-40(48)31-33-54(55)58-53)50-24-9-8-20-45(50)41-29-27-37(28-30-41)42-18-10-19-44(35-42)57(51-25-11-16-38-13-2-5-21-46(38)51)52-26-12-17-39-14-3-6-22-47(39)52;2*1-2/h2-19,21-36,45H,20H2,1H3;2*1-2H3. The van der Waals surface area contributed by atoms with Crippen molar-refractivity contribution in [2.75, 3.05) is 16.8 Å². The lowest BCUT2D eigenvalue weighted by molar-refractivity contribution is 0.763. The highest BCUT2D eigenvalue weighted by Crippen LogP contribution is 2.44. The maximum Gasteiger partial charge on any atom is 0.0540 e. The van der Waals surface area contributed by atoms with Crippen LogP contribution in [0.5, 0.6) is 0 Å². The molecule has 1 aliphatic carbocycles. The van der Waals surface area contributed by atoms with E-state index < -0.39 is 0 Å². The van der Waals surface area contributed by atoms with Gasteiger partial charge in [-0.25, -0.2) is 0 Å². The van der Waals surface area contributed by atoms with E-state index in [0.29, 0.717) is 0 Å². The van der Waals surface area contributed by atoms with E-state index in [1.54, 1.807) is 0 Å². The first kappa shape index (κ1) is 40.5. The molecule has 0 fully saturated rings. The van der Waals surface area contributed by atoms with Gasteiger partial charge < -0.3 is 9.80 Å². The highest BCUT2D eigenvalue weighted by atomic mass is 32.1. The molecule has 0 bridgehead atoms. The van der Waals surface area contributed by atoms with Crippen LogP contribution in [0, 0.1) is 0 Å². The Kier molecular flexibility index (Phi) is 11.7. The van der Waals surface area contributed by atoms with Gasteiger partial charge in [-0.3, -0.25) is 0 Å². The molecule has 0 N–H and O–H groups in total. The summed E-state index contributed by atoms with van der Waals surface area (Å²) in [4.78, 5) is 4.83. The Balaban J connectivity index is 0.00000119. The number of nitrogens with zero attached hydrogens (tertiary/aromatic N) is 2. The molecule has 1 unspecified atom stereocenters. The van der Waals surface area contributed by atoms with Gasteiger partial charge in [0.25, 0.3) is 0 Å². The Morgan fingerprint density at radius 2 is 1.05 bits per heavy atom. The van der Waals surface area contributed by atoms with Crippen LogP contribution in [-0.4, -0.2) is 7.05 Å². The first-order valence-corrected chi connectivity index (χ1v) is 22.9. The summed E-state index contributed by atoms with van der Waals surface area (Å²) in [5.74, 6) is 0.249. The molecule has 3 heteroatoms. The third-order valence-corrected chi connectivity index (χ3v) is 13.2. The van der Waals surface area contributed by atoms with E-state index in [-0.39, 0.29) is 5.92 Å². The molecule has 1 aliphatic rings. The molecule has 1 aromatic heterocycles. The summed E-state index contributed by atoms with van der Waals surface area (Å²) in [7, 11) is 2.23. The summed E-state index contributed by atoms with van der Waals surface area (Å²) >= 11 is 1.88. The SMILES string of the molecule is CC.CC.CN(C1=CC=CCC1c1ccc(-c2cccc(N(c3cccc4ccccc34)c3cccc4ccccc34)c2)cc1)c1ccc2sc3ccc4ccccc4c3c2c1. The van der Waals surface area contributed by atoms with Crippen LogP contribution in [0.2, 0.25) is 0 Å². The molecule has 9 aromatic carbocycles. The lowest BCUT2D eigenvalue weighted by atomic mass is 9.87. The molecule has 304 valence electrons. The van der Waals surface area contributed by atoms with E-state index >= 15 is 0 Å². The van der Waals surface area contributed by atoms with Crippen molar-refractivity contribution in [3.8, 4) is 11.1 Å². The van der Waals surface area contributed by atoms with Crippen molar-refractivity contribution >= 4 is 86.6 Å². The second-order valence-electron chi connectivity index (χ2n) is 15.3. The molecular weight excluding hydrogens is 769 g/mol. The van der Waals surface area contributed by atoms with Crippen molar-refractivity contribution < 1.29 is 0 Å². The highest BCUT2D eigenvalue weighted by Gasteiger charge is 2.23. The third-order valence-electron chi connectivity index (χ3n) is 12.0. The minimum atomic E-state index is 0.249. The second kappa shape index (κ2) is 18.0. The summed E-state index contributed by atoms with van der Waals surface area (Å²) in [5.41, 5.74) is 9.68. The van der Waals surface area contributed by atoms with Crippen LogP contribution in [0.4, 0.5) is 22.7 Å². The van der Waals surface area contributed by atoms with Crippen LogP contribution in [-0.2, 0) is 0 Å². The van der Waals surface area contributed by atoms with Gasteiger partial charge in [0.15, 0.2) is 0 Å². The summed E-state index contributed by atoms with van der Waals surface area (Å²) in [6.07, 6.45) is 7.78. The molecule has 0 aliphatic heterocycles. The monoisotopic (exact) mass is 820 g/mol. The number of fused-ring (bicyclic) bond motifs is 7. The normalized spacial score (nSPS) is 13.4. The number of benzene rings is 9. The molecular formula is C59H52N2S. The Bertz CT molecular complexity index is 3150. The van der Waals surface area contributed by atoms with E-state index in [0.717, 1.165) is 23.5 Å². The topological polar surface area (TPSA) is 6.48 Å². The summed E-state index contributed by atoms with van der Waals surface area (Å²) in [6, 6.07) is 69.2. The van der Waals surface area contributed by atoms with Gasteiger partial charge in [0.2, 0.25) is 0 Å². The molecule has 1 heterocycles. The van der Waals surface area contributed by atoms with Crippen LogP contribution >= 0.6 is 11.3 Å². The maximum absolute atomic E-state index is 2.43. The van der Waals surface area contributed by atoms with Gasteiger partial charge in [-0.15, -0.1) is 11.3 Å². The van der Waals surface area contributed by atoms with Gasteiger partial charge in [-0.1, -0.05) is 179 Å². The fourth-order valence-electron chi connectivity index (χ4n) is 9.11. The van der Waals surface area contributed by atoms with Crippen molar-refractivity contribution in [1.82, 2.24) is 0 Å². The van der Waals surface area contributed by atoms with Crippen molar-refractivity contribution in [3.63, 3.8) is 0 Å². The fraction of sp³-hybridized carbons (Fsp3) is 0.119. The van der Waals surface area contributed by atoms with Gasteiger partial charge in [0.1, 0.15) is 0 Å².